The SMILES string of the molecule is CC(C)COc1ccc(O[B]Oc2ccc(OCC(C)C)c(C#N)c2)cc1C#N. The average molecular weight is 391 g/mol. The van der Waals surface area contributed by atoms with E-state index < -0.39 is 0 Å². The predicted molar refractivity (Wildman–Crippen MR) is 110 cm³/mol. The lowest BCUT2D eigenvalue weighted by molar-refractivity contribution is 0.270. The molecule has 0 saturated heterocycles. The van der Waals surface area contributed by atoms with E-state index in [1.165, 1.54) is 0 Å². The van der Waals surface area contributed by atoms with E-state index in [1.807, 2.05) is 27.7 Å². The highest BCUT2D eigenvalue weighted by Crippen LogP contribution is 2.26. The Kier molecular flexibility index (Phi) is 8.24. The monoisotopic (exact) mass is 391 g/mol. The molecule has 29 heavy (non-hydrogen) atoms. The quantitative estimate of drug-likeness (QED) is 0.555. The van der Waals surface area contributed by atoms with Crippen LogP contribution in [0.3, 0.4) is 0 Å². The molecular weight excluding hydrogens is 367 g/mol. The van der Waals surface area contributed by atoms with Gasteiger partial charge < -0.3 is 18.8 Å². The van der Waals surface area contributed by atoms with Gasteiger partial charge >= 0.3 is 7.69 Å². The Labute approximate surface area is 172 Å². The van der Waals surface area contributed by atoms with E-state index in [2.05, 4.69) is 12.1 Å². The average Bonchev–Trinajstić information content (AvgIpc) is 2.71. The van der Waals surface area contributed by atoms with E-state index in [9.17, 15) is 10.5 Å². The summed E-state index contributed by atoms with van der Waals surface area (Å²) in [7, 11) is 1.15. The molecule has 0 unspecified atom stereocenters. The molecule has 0 bridgehead atoms. The van der Waals surface area contributed by atoms with Crippen molar-refractivity contribution in [3.8, 4) is 35.1 Å². The van der Waals surface area contributed by atoms with Crippen LogP contribution in [0.2, 0.25) is 0 Å². The molecule has 0 saturated carbocycles. The fourth-order valence-corrected chi connectivity index (χ4v) is 2.24. The molecule has 2 aromatic carbocycles. The van der Waals surface area contributed by atoms with Crippen LogP contribution in [0.5, 0.6) is 23.0 Å². The molecule has 0 atom stereocenters. The standard InChI is InChI=1S/C22H24BN2O4/c1-15(2)13-26-21-7-5-19(9-17(21)11-24)28-23-29-20-6-8-22(18(10-20)12-25)27-14-16(3)4/h5-10,15-16H,13-14H2,1-4H3. The van der Waals surface area contributed by atoms with Gasteiger partial charge in [0.1, 0.15) is 35.1 Å². The lowest BCUT2D eigenvalue weighted by Crippen LogP contribution is -2.12. The summed E-state index contributed by atoms with van der Waals surface area (Å²) in [6, 6.07) is 14.1. The van der Waals surface area contributed by atoms with Crippen molar-refractivity contribution in [3.63, 3.8) is 0 Å². The molecule has 0 spiro atoms. The summed E-state index contributed by atoms with van der Waals surface area (Å²) in [6.45, 7) is 9.21. The highest BCUT2D eigenvalue weighted by Gasteiger charge is 2.10. The third kappa shape index (κ3) is 6.97. The third-order valence-corrected chi connectivity index (χ3v) is 3.66. The minimum Gasteiger partial charge on any atom is -0.526 e. The first-order valence-corrected chi connectivity index (χ1v) is 9.41. The molecule has 2 rings (SSSR count). The van der Waals surface area contributed by atoms with Gasteiger partial charge in [0.25, 0.3) is 0 Å². The number of hydrogen-bond donors (Lipinski definition) is 0. The first-order chi connectivity index (χ1) is 13.9. The van der Waals surface area contributed by atoms with Gasteiger partial charge in [-0.1, -0.05) is 27.7 Å². The minimum absolute atomic E-state index is 0.361. The van der Waals surface area contributed by atoms with Gasteiger partial charge in [0.2, 0.25) is 0 Å². The Morgan fingerprint density at radius 3 is 1.52 bits per heavy atom. The van der Waals surface area contributed by atoms with Crippen molar-refractivity contribution in [2.75, 3.05) is 13.2 Å². The summed E-state index contributed by atoms with van der Waals surface area (Å²) >= 11 is 0. The van der Waals surface area contributed by atoms with Crippen LogP contribution in [0.1, 0.15) is 38.8 Å². The van der Waals surface area contributed by atoms with Crippen LogP contribution in [0, 0.1) is 34.5 Å². The van der Waals surface area contributed by atoms with E-state index in [4.69, 9.17) is 18.8 Å². The van der Waals surface area contributed by atoms with Crippen molar-refractivity contribution in [3.05, 3.63) is 47.5 Å². The smallest absolute Gasteiger partial charge is 0.526 e. The van der Waals surface area contributed by atoms with Gasteiger partial charge in [0.15, 0.2) is 0 Å². The molecule has 7 heteroatoms. The second-order valence-electron chi connectivity index (χ2n) is 7.28. The van der Waals surface area contributed by atoms with Crippen LogP contribution < -0.4 is 18.8 Å². The van der Waals surface area contributed by atoms with Crippen molar-refractivity contribution in [1.29, 1.82) is 10.5 Å². The van der Waals surface area contributed by atoms with Crippen LogP contribution in [0.15, 0.2) is 36.4 Å². The number of rotatable bonds is 10. The van der Waals surface area contributed by atoms with E-state index in [1.54, 1.807) is 36.4 Å². The minimum atomic E-state index is 0.361. The Morgan fingerprint density at radius 2 is 1.17 bits per heavy atom. The fraction of sp³-hybridized carbons (Fsp3) is 0.364. The maximum atomic E-state index is 9.30. The van der Waals surface area contributed by atoms with E-state index >= 15 is 0 Å². The number of hydrogen-bond acceptors (Lipinski definition) is 6. The van der Waals surface area contributed by atoms with E-state index in [-0.39, 0.29) is 0 Å². The van der Waals surface area contributed by atoms with Crippen molar-refractivity contribution < 1.29 is 18.8 Å². The lowest BCUT2D eigenvalue weighted by atomic mass is 10.2. The van der Waals surface area contributed by atoms with Crippen LogP contribution >= 0.6 is 0 Å². The van der Waals surface area contributed by atoms with Gasteiger partial charge in [0.05, 0.1) is 24.3 Å². The van der Waals surface area contributed by atoms with Gasteiger partial charge in [-0.2, -0.15) is 10.5 Å². The molecule has 0 aliphatic rings. The third-order valence-electron chi connectivity index (χ3n) is 3.66. The molecule has 0 N–H and O–H groups in total. The zero-order valence-corrected chi connectivity index (χ0v) is 17.1. The van der Waals surface area contributed by atoms with Crippen LogP contribution in [-0.4, -0.2) is 20.9 Å². The zero-order valence-electron chi connectivity index (χ0n) is 17.1. The summed E-state index contributed by atoms with van der Waals surface area (Å²) in [5.74, 6) is 2.64. The lowest BCUT2D eigenvalue weighted by Gasteiger charge is -2.13. The summed E-state index contributed by atoms with van der Waals surface area (Å²) in [5.41, 5.74) is 0.768. The van der Waals surface area contributed by atoms with Gasteiger partial charge in [-0.25, -0.2) is 0 Å². The molecule has 0 heterocycles. The number of ether oxygens (including phenoxy) is 2. The second-order valence-corrected chi connectivity index (χ2v) is 7.28. The summed E-state index contributed by atoms with van der Waals surface area (Å²) < 4.78 is 22.2. The number of nitriles is 2. The van der Waals surface area contributed by atoms with Gasteiger partial charge in [0, 0.05) is 0 Å². The van der Waals surface area contributed by atoms with Crippen molar-refractivity contribution in [2.24, 2.45) is 11.8 Å². The van der Waals surface area contributed by atoms with Crippen molar-refractivity contribution >= 4 is 7.69 Å². The Bertz CT molecular complexity index is 827. The van der Waals surface area contributed by atoms with Crippen LogP contribution in [0.25, 0.3) is 0 Å². The molecule has 6 nitrogen and oxygen atoms in total. The summed E-state index contributed by atoms with van der Waals surface area (Å²) in [5, 5.41) is 18.6. The van der Waals surface area contributed by atoms with Gasteiger partial charge in [-0.05, 0) is 48.2 Å². The second kappa shape index (κ2) is 10.9. The molecule has 0 aliphatic heterocycles. The van der Waals surface area contributed by atoms with Gasteiger partial charge in [-0.15, -0.1) is 0 Å². The Morgan fingerprint density at radius 1 is 0.759 bits per heavy atom. The predicted octanol–water partition coefficient (Wildman–Crippen LogP) is 4.49. The van der Waals surface area contributed by atoms with Crippen molar-refractivity contribution in [1.82, 2.24) is 0 Å². The van der Waals surface area contributed by atoms with Crippen LogP contribution in [0.4, 0.5) is 0 Å². The highest BCUT2D eigenvalue weighted by molar-refractivity contribution is 6.20. The maximum Gasteiger partial charge on any atom is 0.658 e. The Balaban J connectivity index is 1.95. The number of benzene rings is 2. The summed E-state index contributed by atoms with van der Waals surface area (Å²) in [6.07, 6.45) is 0. The molecule has 0 fully saturated rings. The maximum absolute atomic E-state index is 9.30. The van der Waals surface area contributed by atoms with Crippen LogP contribution in [-0.2, 0) is 0 Å². The first kappa shape index (κ1) is 22.0. The normalized spacial score (nSPS) is 10.2. The number of nitrogens with zero attached hydrogens (tertiary/aromatic N) is 2. The molecule has 2 aromatic rings. The fourth-order valence-electron chi connectivity index (χ4n) is 2.24. The summed E-state index contributed by atoms with van der Waals surface area (Å²) in [4.78, 5) is 0. The topological polar surface area (TPSA) is 84.5 Å². The van der Waals surface area contributed by atoms with Crippen molar-refractivity contribution in [2.45, 2.75) is 27.7 Å². The van der Waals surface area contributed by atoms with Gasteiger partial charge in [-0.3, -0.25) is 0 Å². The first-order valence-electron chi connectivity index (χ1n) is 9.41. The molecule has 0 aromatic heterocycles. The zero-order chi connectivity index (χ0) is 21.2. The van der Waals surface area contributed by atoms with E-state index in [0.29, 0.717) is 59.2 Å². The molecule has 0 amide bonds. The molecule has 149 valence electrons. The highest BCUT2D eigenvalue weighted by atomic mass is 16.6. The Hall–Kier alpha value is -3.32. The largest absolute Gasteiger partial charge is 0.658 e. The molecule has 0 aliphatic carbocycles. The molecule has 1 radical (unpaired) electrons. The van der Waals surface area contributed by atoms with E-state index in [0.717, 1.165) is 7.69 Å². The molecular formula is C22H24BN2O4.